The predicted molar refractivity (Wildman–Crippen MR) is 49.4 cm³/mol. The van der Waals surface area contributed by atoms with Crippen molar-refractivity contribution < 1.29 is 59.4 Å². The van der Waals surface area contributed by atoms with Crippen LogP contribution >= 0.6 is 0 Å². The molecule has 0 heterocycles. The molecule has 0 bridgehead atoms. The van der Waals surface area contributed by atoms with Gasteiger partial charge in [-0.2, -0.15) is 0 Å². The molecule has 0 aliphatic heterocycles. The molecular weight excluding hydrogens is 276 g/mol. The van der Waals surface area contributed by atoms with Crippen molar-refractivity contribution in [2.75, 3.05) is 0 Å². The standard InChI is InChI=1S/C7H16O12/c1-2(8)15-6(16-3(9)10)19-7(17-4(11)12)18-5(13)14/h2-14H,1H3. The molecule has 0 saturated heterocycles. The first-order chi connectivity index (χ1) is 8.70. The molecule has 0 aliphatic carbocycles. The zero-order chi connectivity index (χ0) is 15.0. The van der Waals surface area contributed by atoms with Gasteiger partial charge in [-0.25, -0.2) is 0 Å². The zero-order valence-corrected chi connectivity index (χ0v) is 9.64. The molecule has 0 aromatic heterocycles. The Hall–Kier alpha value is -0.480. The van der Waals surface area contributed by atoms with Crippen molar-refractivity contribution in [2.45, 2.75) is 45.6 Å². The predicted octanol–water partition coefficient (Wildman–Crippen LogP) is -4.22. The first kappa shape index (κ1) is 18.5. The maximum absolute atomic E-state index is 8.89. The van der Waals surface area contributed by atoms with Gasteiger partial charge in [0.1, 0.15) is 0 Å². The van der Waals surface area contributed by atoms with Crippen LogP contribution in [0, 0.1) is 0 Å². The lowest BCUT2D eigenvalue weighted by Crippen LogP contribution is -2.39. The Morgan fingerprint density at radius 3 is 1.11 bits per heavy atom. The number of rotatable bonds is 10. The van der Waals surface area contributed by atoms with Gasteiger partial charge in [-0.05, 0) is 6.92 Å². The van der Waals surface area contributed by atoms with E-state index >= 15 is 0 Å². The minimum absolute atomic E-state index is 1.11. The molecule has 0 spiro atoms. The van der Waals surface area contributed by atoms with Crippen LogP contribution in [0.25, 0.3) is 0 Å². The van der Waals surface area contributed by atoms with E-state index < -0.39 is 38.7 Å². The van der Waals surface area contributed by atoms with Crippen molar-refractivity contribution in [1.82, 2.24) is 0 Å². The average Bonchev–Trinajstić information content (AvgIpc) is 2.11. The fourth-order valence-corrected chi connectivity index (χ4v) is 0.742. The molecule has 0 aromatic carbocycles. The van der Waals surface area contributed by atoms with E-state index in [2.05, 4.69) is 23.7 Å². The average molecular weight is 292 g/mol. The third-order valence-corrected chi connectivity index (χ3v) is 1.23. The van der Waals surface area contributed by atoms with Gasteiger partial charge in [-0.15, -0.1) is 0 Å². The van der Waals surface area contributed by atoms with Crippen molar-refractivity contribution in [3.8, 4) is 0 Å². The molecule has 0 aromatic rings. The van der Waals surface area contributed by atoms with Crippen LogP contribution in [0.15, 0.2) is 0 Å². The highest BCUT2D eigenvalue weighted by Gasteiger charge is 2.26. The fourth-order valence-electron chi connectivity index (χ4n) is 0.742. The monoisotopic (exact) mass is 292 g/mol. The maximum Gasteiger partial charge on any atom is 0.283 e. The molecule has 0 radical (unpaired) electrons. The van der Waals surface area contributed by atoms with Crippen molar-refractivity contribution in [3.63, 3.8) is 0 Å². The summed E-state index contributed by atoms with van der Waals surface area (Å²) in [5.74, 6) is 0. The lowest BCUT2D eigenvalue weighted by molar-refractivity contribution is -0.492. The lowest BCUT2D eigenvalue weighted by Gasteiger charge is -2.26. The molecule has 2 atom stereocenters. The van der Waals surface area contributed by atoms with Gasteiger partial charge in [0.05, 0.1) is 0 Å². The molecule has 116 valence electrons. The number of ether oxygens (including phenoxy) is 5. The summed E-state index contributed by atoms with van der Waals surface area (Å²) in [6.45, 7) is -10.2. The molecule has 12 heteroatoms. The normalized spacial score (nSPS) is 15.8. The van der Waals surface area contributed by atoms with E-state index in [1.165, 1.54) is 0 Å². The largest absolute Gasteiger partial charge is 0.368 e. The first-order valence-electron chi connectivity index (χ1n) is 4.74. The lowest BCUT2D eigenvalue weighted by atomic mass is 10.8. The Morgan fingerprint density at radius 2 is 0.842 bits per heavy atom. The molecule has 0 rings (SSSR count). The summed E-state index contributed by atoms with van der Waals surface area (Å²) in [5, 5.41) is 59.9. The number of hydrogen-bond donors (Lipinski definition) is 7. The number of aliphatic hydroxyl groups excluding tert-OH is 4. The number of hydrogen-bond acceptors (Lipinski definition) is 12. The Morgan fingerprint density at radius 1 is 0.526 bits per heavy atom. The van der Waals surface area contributed by atoms with Gasteiger partial charge in [0, 0.05) is 0 Å². The highest BCUT2D eigenvalue weighted by molar-refractivity contribution is 4.31. The van der Waals surface area contributed by atoms with E-state index in [4.69, 9.17) is 35.7 Å². The molecule has 19 heavy (non-hydrogen) atoms. The molecule has 12 nitrogen and oxygen atoms in total. The Bertz CT molecular complexity index is 176. The van der Waals surface area contributed by atoms with Crippen LogP contribution in [0.1, 0.15) is 6.92 Å². The Labute approximate surface area is 106 Å². The number of aliphatic hydroxyl groups is 7. The highest BCUT2D eigenvalue weighted by Crippen LogP contribution is 2.10. The van der Waals surface area contributed by atoms with Gasteiger partial charge < -0.3 is 40.5 Å². The third kappa shape index (κ3) is 11.1. The molecule has 2 unspecified atom stereocenters. The van der Waals surface area contributed by atoms with E-state index in [0.29, 0.717) is 0 Å². The second-order valence-electron chi connectivity index (χ2n) is 2.84. The van der Waals surface area contributed by atoms with E-state index in [0.717, 1.165) is 6.92 Å². The summed E-state index contributed by atoms with van der Waals surface area (Å²) in [5.41, 5.74) is 0. The highest BCUT2D eigenvalue weighted by atomic mass is 17.0. The molecule has 0 aliphatic rings. The molecule has 0 fully saturated rings. The van der Waals surface area contributed by atoms with Crippen LogP contribution in [-0.2, 0) is 23.7 Å². The quantitative estimate of drug-likeness (QED) is 0.192. The summed E-state index contributed by atoms with van der Waals surface area (Å²) in [4.78, 5) is 0. The van der Waals surface area contributed by atoms with Crippen molar-refractivity contribution >= 4 is 0 Å². The summed E-state index contributed by atoms with van der Waals surface area (Å²) in [7, 11) is 0. The summed E-state index contributed by atoms with van der Waals surface area (Å²) in [6.07, 6.45) is -1.48. The molecule has 7 N–H and O–H groups in total. The SMILES string of the molecule is CC(O)OC(OC(O)O)OC(OC(O)O)OC(O)O. The van der Waals surface area contributed by atoms with Crippen LogP contribution in [0.2, 0.25) is 0 Å². The van der Waals surface area contributed by atoms with Crippen LogP contribution in [0.3, 0.4) is 0 Å². The van der Waals surface area contributed by atoms with Crippen LogP contribution < -0.4 is 0 Å². The second-order valence-corrected chi connectivity index (χ2v) is 2.84. The Kier molecular flexibility index (Phi) is 9.19. The van der Waals surface area contributed by atoms with E-state index in [-0.39, 0.29) is 0 Å². The van der Waals surface area contributed by atoms with Gasteiger partial charge in [0.15, 0.2) is 6.29 Å². The smallest absolute Gasteiger partial charge is 0.283 e. The summed E-state index contributed by atoms with van der Waals surface area (Å²) >= 11 is 0. The van der Waals surface area contributed by atoms with Gasteiger partial charge >= 0.3 is 0 Å². The topological polar surface area (TPSA) is 188 Å². The molecule has 0 amide bonds. The maximum atomic E-state index is 8.89. The van der Waals surface area contributed by atoms with Crippen LogP contribution in [0.4, 0.5) is 0 Å². The van der Waals surface area contributed by atoms with Gasteiger partial charge in [0.2, 0.25) is 0 Å². The third-order valence-electron chi connectivity index (χ3n) is 1.23. The van der Waals surface area contributed by atoms with E-state index in [1.807, 2.05) is 0 Å². The second kappa shape index (κ2) is 9.43. The van der Waals surface area contributed by atoms with E-state index in [9.17, 15) is 0 Å². The minimum atomic E-state index is -2.42. The van der Waals surface area contributed by atoms with E-state index in [1.54, 1.807) is 0 Å². The fraction of sp³-hybridized carbons (Fsp3) is 1.00. The van der Waals surface area contributed by atoms with Crippen molar-refractivity contribution in [2.24, 2.45) is 0 Å². The first-order valence-corrected chi connectivity index (χ1v) is 4.74. The minimum Gasteiger partial charge on any atom is -0.368 e. The Balaban J connectivity index is 4.51. The van der Waals surface area contributed by atoms with Crippen molar-refractivity contribution in [3.05, 3.63) is 0 Å². The zero-order valence-electron chi connectivity index (χ0n) is 9.64. The van der Waals surface area contributed by atoms with Crippen molar-refractivity contribution in [1.29, 1.82) is 0 Å². The summed E-state index contributed by atoms with van der Waals surface area (Å²) in [6, 6.07) is 0. The van der Waals surface area contributed by atoms with Crippen LogP contribution in [-0.4, -0.2) is 74.4 Å². The van der Waals surface area contributed by atoms with Gasteiger partial charge in [-0.1, -0.05) is 0 Å². The van der Waals surface area contributed by atoms with Gasteiger partial charge in [0.25, 0.3) is 32.4 Å². The molecular formula is C7H16O12. The van der Waals surface area contributed by atoms with Gasteiger partial charge in [-0.3, -0.25) is 18.9 Å². The van der Waals surface area contributed by atoms with Crippen LogP contribution in [0.5, 0.6) is 0 Å². The molecule has 0 saturated carbocycles. The summed E-state index contributed by atoms with van der Waals surface area (Å²) < 4.78 is 21.3.